The summed E-state index contributed by atoms with van der Waals surface area (Å²) < 4.78 is 38.5. The summed E-state index contributed by atoms with van der Waals surface area (Å²) in [5.74, 6) is -0.809. The first-order chi connectivity index (χ1) is 24.8. The number of nitrogens with zero attached hydrogens (tertiary/aromatic N) is 3. The smallest absolute Gasteiger partial charge is 0.303 e. The van der Waals surface area contributed by atoms with E-state index in [1.54, 1.807) is 10.8 Å². The van der Waals surface area contributed by atoms with Gasteiger partial charge in [0.1, 0.15) is 42.8 Å². The minimum atomic E-state index is -0.660. The van der Waals surface area contributed by atoms with Crippen molar-refractivity contribution in [1.29, 1.82) is 0 Å². The Bertz CT molecular complexity index is 1750. The lowest BCUT2D eigenvalue weighted by Crippen LogP contribution is -2.51. The number of carbonyl (C=O) groups is 2. The van der Waals surface area contributed by atoms with Crippen LogP contribution in [0.25, 0.3) is 5.69 Å². The highest BCUT2D eigenvalue weighted by molar-refractivity contribution is 5.67. The van der Waals surface area contributed by atoms with Crippen molar-refractivity contribution in [2.45, 2.75) is 90.1 Å². The summed E-state index contributed by atoms with van der Waals surface area (Å²) >= 11 is 0. The SMILES string of the molecule is CC[C@H]1O[C@H](c2cn(-c3ccc([C@@H]4C=C[C@H](OC(C)=O)[C@@H](COC(C)=O)O4)cc3)nn2)[C@@H](OCc2ccccc2)[C@@H](OCc2ccccc2)[C@@H]1C. The van der Waals surface area contributed by atoms with Crippen LogP contribution in [0.1, 0.15) is 68.7 Å². The molecule has 0 N–H and O–H groups in total. The van der Waals surface area contributed by atoms with Crippen molar-refractivity contribution >= 4 is 11.9 Å². The topological polar surface area (TPSA) is 120 Å². The summed E-state index contributed by atoms with van der Waals surface area (Å²) in [4.78, 5) is 23.1. The number of carbonyl (C=O) groups excluding carboxylic acids is 2. The molecule has 1 saturated heterocycles. The van der Waals surface area contributed by atoms with Crippen LogP contribution in [-0.2, 0) is 51.2 Å². The molecular weight excluding hydrogens is 650 g/mol. The fourth-order valence-electron chi connectivity index (χ4n) is 6.57. The Morgan fingerprint density at radius 2 is 1.43 bits per heavy atom. The molecule has 0 radical (unpaired) electrons. The summed E-state index contributed by atoms with van der Waals surface area (Å²) in [5.41, 5.74) is 4.46. The van der Waals surface area contributed by atoms with E-state index in [2.05, 4.69) is 36.3 Å². The predicted octanol–water partition coefficient (Wildman–Crippen LogP) is 6.42. The highest BCUT2D eigenvalue weighted by Crippen LogP contribution is 2.40. The Morgan fingerprint density at radius 1 is 0.784 bits per heavy atom. The molecule has 11 heteroatoms. The van der Waals surface area contributed by atoms with E-state index in [0.717, 1.165) is 28.8 Å². The van der Waals surface area contributed by atoms with Crippen molar-refractivity contribution in [2.24, 2.45) is 5.92 Å². The quantitative estimate of drug-likeness (QED) is 0.115. The van der Waals surface area contributed by atoms with Crippen molar-refractivity contribution in [2.75, 3.05) is 6.61 Å². The van der Waals surface area contributed by atoms with Crippen LogP contribution in [-0.4, -0.2) is 64.1 Å². The maximum absolute atomic E-state index is 11.6. The van der Waals surface area contributed by atoms with Crippen molar-refractivity contribution in [3.63, 3.8) is 0 Å². The molecule has 3 aromatic carbocycles. The third-order valence-electron chi connectivity index (χ3n) is 9.23. The number of hydrogen-bond acceptors (Lipinski definition) is 10. The molecule has 11 nitrogen and oxygen atoms in total. The van der Waals surface area contributed by atoms with Crippen LogP contribution in [0.5, 0.6) is 0 Å². The van der Waals surface area contributed by atoms with E-state index in [0.29, 0.717) is 18.9 Å². The van der Waals surface area contributed by atoms with Crippen LogP contribution in [0, 0.1) is 5.92 Å². The van der Waals surface area contributed by atoms with Gasteiger partial charge in [0.2, 0.25) is 0 Å². The third kappa shape index (κ3) is 9.17. The summed E-state index contributed by atoms with van der Waals surface area (Å²) in [6, 6.07) is 28.0. The summed E-state index contributed by atoms with van der Waals surface area (Å²) in [5, 5.41) is 9.07. The minimum absolute atomic E-state index is 0.0386. The highest BCUT2D eigenvalue weighted by Gasteiger charge is 2.46. The summed E-state index contributed by atoms with van der Waals surface area (Å²) in [6.07, 6.45) is 3.28. The van der Waals surface area contributed by atoms with Crippen molar-refractivity contribution in [3.05, 3.63) is 126 Å². The first-order valence-corrected chi connectivity index (χ1v) is 17.4. The third-order valence-corrected chi connectivity index (χ3v) is 9.23. The molecule has 8 atom stereocenters. The van der Waals surface area contributed by atoms with Crippen molar-refractivity contribution in [3.8, 4) is 5.69 Å². The molecule has 51 heavy (non-hydrogen) atoms. The first kappa shape index (κ1) is 36.1. The lowest BCUT2D eigenvalue weighted by molar-refractivity contribution is -0.235. The monoisotopic (exact) mass is 695 g/mol. The lowest BCUT2D eigenvalue weighted by Gasteiger charge is -2.45. The molecule has 4 aromatic rings. The number of ether oxygens (including phenoxy) is 6. The zero-order chi connectivity index (χ0) is 35.7. The molecule has 1 aromatic heterocycles. The number of hydrogen-bond donors (Lipinski definition) is 0. The number of rotatable bonds is 13. The Hall–Kier alpha value is -4.68. The second kappa shape index (κ2) is 17.0. The van der Waals surface area contributed by atoms with Crippen LogP contribution in [0.15, 0.2) is 103 Å². The standard InChI is InChI=1S/C40H45N3O8/c1-5-34-26(2)38(47-23-29-12-8-6-9-13-29)40(48-24-30-14-10-7-11-15-30)39(51-34)33-22-43(42-41-33)32-18-16-31(17-19-32)35-20-21-36(49-28(4)45)37(50-35)25-46-27(3)44/h6-22,26,34-40H,5,23-25H2,1-4H3/t26-,34-,35+,36+,37-,38+,39-,40+/m1/s1. The molecule has 6 rings (SSSR count). The van der Waals surface area contributed by atoms with Gasteiger partial charge < -0.3 is 28.4 Å². The van der Waals surface area contributed by atoms with Crippen LogP contribution >= 0.6 is 0 Å². The van der Waals surface area contributed by atoms with Crippen molar-refractivity contribution in [1.82, 2.24) is 15.0 Å². The van der Waals surface area contributed by atoms with Crippen LogP contribution in [0.2, 0.25) is 0 Å². The van der Waals surface area contributed by atoms with Gasteiger partial charge in [-0.15, -0.1) is 5.10 Å². The Labute approximate surface area is 298 Å². The molecule has 0 unspecified atom stereocenters. The maximum atomic E-state index is 11.6. The van der Waals surface area contributed by atoms with Gasteiger partial charge in [0.25, 0.3) is 0 Å². The zero-order valence-electron chi connectivity index (χ0n) is 29.4. The number of aromatic nitrogens is 3. The van der Waals surface area contributed by atoms with E-state index in [9.17, 15) is 9.59 Å². The van der Waals surface area contributed by atoms with Gasteiger partial charge in [0.05, 0.1) is 37.3 Å². The van der Waals surface area contributed by atoms with Gasteiger partial charge in [-0.2, -0.15) is 0 Å². The van der Waals surface area contributed by atoms with E-state index in [1.165, 1.54) is 13.8 Å². The van der Waals surface area contributed by atoms with E-state index in [4.69, 9.17) is 28.4 Å². The van der Waals surface area contributed by atoms with Gasteiger partial charge in [0, 0.05) is 19.8 Å². The molecule has 0 spiro atoms. The number of esters is 2. The van der Waals surface area contributed by atoms with Crippen LogP contribution in [0.4, 0.5) is 0 Å². The van der Waals surface area contributed by atoms with Gasteiger partial charge in [-0.3, -0.25) is 9.59 Å². The molecule has 1 fully saturated rings. The average molecular weight is 696 g/mol. The zero-order valence-corrected chi connectivity index (χ0v) is 29.4. The maximum Gasteiger partial charge on any atom is 0.303 e. The van der Waals surface area contributed by atoms with E-state index < -0.39 is 42.5 Å². The molecule has 2 aliphatic heterocycles. The average Bonchev–Trinajstić information content (AvgIpc) is 3.64. The Kier molecular flexibility index (Phi) is 12.1. The summed E-state index contributed by atoms with van der Waals surface area (Å²) in [6.45, 7) is 7.76. The fraction of sp³-hybridized carbons (Fsp3) is 0.400. The van der Waals surface area contributed by atoms with E-state index in [1.807, 2.05) is 85.1 Å². The molecule has 268 valence electrons. The molecular formula is C40H45N3O8. The van der Waals surface area contributed by atoms with E-state index >= 15 is 0 Å². The molecule has 0 aliphatic carbocycles. The van der Waals surface area contributed by atoms with Gasteiger partial charge in [-0.1, -0.05) is 97.9 Å². The van der Waals surface area contributed by atoms with Gasteiger partial charge in [-0.25, -0.2) is 4.68 Å². The van der Waals surface area contributed by atoms with Gasteiger partial charge >= 0.3 is 11.9 Å². The van der Waals surface area contributed by atoms with Gasteiger partial charge in [0.15, 0.2) is 0 Å². The Balaban J connectivity index is 1.21. The molecule has 0 saturated carbocycles. The normalized spacial score (nSPS) is 26.0. The fourth-order valence-corrected chi connectivity index (χ4v) is 6.57. The highest BCUT2D eigenvalue weighted by atomic mass is 16.6. The van der Waals surface area contributed by atoms with Crippen LogP contribution < -0.4 is 0 Å². The first-order valence-electron chi connectivity index (χ1n) is 17.4. The van der Waals surface area contributed by atoms with Gasteiger partial charge in [-0.05, 0) is 41.3 Å². The Morgan fingerprint density at radius 3 is 2.04 bits per heavy atom. The molecule has 2 aliphatic rings. The van der Waals surface area contributed by atoms with Crippen LogP contribution in [0.3, 0.4) is 0 Å². The lowest BCUT2D eigenvalue weighted by atomic mass is 9.85. The summed E-state index contributed by atoms with van der Waals surface area (Å²) in [7, 11) is 0. The largest absolute Gasteiger partial charge is 0.463 e. The predicted molar refractivity (Wildman–Crippen MR) is 187 cm³/mol. The minimum Gasteiger partial charge on any atom is -0.463 e. The molecule has 3 heterocycles. The van der Waals surface area contributed by atoms with E-state index in [-0.39, 0.29) is 24.7 Å². The second-order valence-electron chi connectivity index (χ2n) is 12.9. The molecule has 0 bridgehead atoms. The number of benzene rings is 3. The van der Waals surface area contributed by atoms with Crippen molar-refractivity contribution < 1.29 is 38.0 Å². The second-order valence-corrected chi connectivity index (χ2v) is 12.9. The molecule has 0 amide bonds.